The van der Waals surface area contributed by atoms with Crippen LogP contribution in [-0.2, 0) is 19.8 Å². The normalized spacial score (nSPS) is 44.4. The van der Waals surface area contributed by atoms with E-state index in [9.17, 15) is 9.90 Å². The molecule has 1 aromatic rings. The molecule has 6 heteroatoms. The van der Waals surface area contributed by atoms with Crippen LogP contribution in [0.5, 0.6) is 0 Å². The summed E-state index contributed by atoms with van der Waals surface area (Å²) in [5, 5.41) is 16.5. The predicted molar refractivity (Wildman–Crippen MR) is 91.0 cm³/mol. The number of hydrogen-bond acceptors (Lipinski definition) is 5. The maximum atomic E-state index is 13.5. The molecule has 1 saturated carbocycles. The van der Waals surface area contributed by atoms with Crippen LogP contribution in [0.2, 0.25) is 0 Å². The fourth-order valence-electron chi connectivity index (χ4n) is 5.85. The fourth-order valence-corrected chi connectivity index (χ4v) is 5.85. The van der Waals surface area contributed by atoms with Crippen molar-refractivity contribution >= 4 is 11.6 Å². The molecule has 0 radical (unpaired) electrons. The smallest absolute Gasteiger partial charge is 0.264 e. The minimum Gasteiger partial charge on any atom is -0.388 e. The molecule has 1 spiro atoms. The van der Waals surface area contributed by atoms with Gasteiger partial charge in [0.05, 0.1) is 31.1 Å². The number of ether oxygens (including phenoxy) is 1. The van der Waals surface area contributed by atoms with E-state index in [1.165, 1.54) is 12.2 Å². The van der Waals surface area contributed by atoms with Gasteiger partial charge in [-0.15, -0.1) is 0 Å². The maximum Gasteiger partial charge on any atom is 0.264 e. The van der Waals surface area contributed by atoms with Gasteiger partial charge in [0.2, 0.25) is 0 Å². The van der Waals surface area contributed by atoms with Crippen molar-refractivity contribution in [2.24, 2.45) is 5.92 Å². The topological polar surface area (TPSA) is 71.0 Å². The highest BCUT2D eigenvalue weighted by Crippen LogP contribution is 2.57. The summed E-state index contributed by atoms with van der Waals surface area (Å²) in [4.78, 5) is 18.9. The number of amides is 1. The Morgan fingerprint density at radius 2 is 2.20 bits per heavy atom. The first-order chi connectivity index (χ1) is 12.1. The number of hydrogen-bond donors (Lipinski definition) is 2. The molecule has 25 heavy (non-hydrogen) atoms. The number of carbonyl (C=O) groups excluding carboxylic acids is 1. The first-order valence-corrected chi connectivity index (χ1v) is 9.14. The summed E-state index contributed by atoms with van der Waals surface area (Å²) in [7, 11) is 1.52. The van der Waals surface area contributed by atoms with Crippen LogP contribution >= 0.6 is 0 Å². The van der Waals surface area contributed by atoms with E-state index in [2.05, 4.69) is 12.2 Å². The number of fused-ring (bicyclic) bond motifs is 2. The Labute approximate surface area is 147 Å². The second-order valence-electron chi connectivity index (χ2n) is 7.83. The molecule has 4 heterocycles. The van der Waals surface area contributed by atoms with Crippen molar-refractivity contribution in [3.63, 3.8) is 0 Å². The number of anilines is 1. The van der Waals surface area contributed by atoms with Crippen LogP contribution in [0, 0.1) is 5.92 Å². The van der Waals surface area contributed by atoms with Gasteiger partial charge in [-0.1, -0.05) is 25.1 Å². The first kappa shape index (κ1) is 15.8. The Hall–Kier alpha value is -1.47. The molecule has 6 atom stereocenters. The van der Waals surface area contributed by atoms with E-state index in [1.54, 1.807) is 0 Å². The van der Waals surface area contributed by atoms with Gasteiger partial charge in [-0.25, -0.2) is 0 Å². The summed E-state index contributed by atoms with van der Waals surface area (Å²) in [6.45, 7) is 2.60. The SMILES string of the molecule is CC[C@H]1N[C@H]2C[C@@]3(C(=O)N(OC)c4ccccc43)[C@@H]3C[C@@]1(O)[C@H]2CO3. The lowest BCUT2D eigenvalue weighted by Crippen LogP contribution is -2.58. The molecular formula is C19H24N2O4. The van der Waals surface area contributed by atoms with Crippen molar-refractivity contribution in [3.8, 4) is 0 Å². The Morgan fingerprint density at radius 3 is 2.96 bits per heavy atom. The highest BCUT2D eigenvalue weighted by Gasteiger charge is 2.69. The molecule has 134 valence electrons. The zero-order valence-corrected chi connectivity index (χ0v) is 14.6. The van der Waals surface area contributed by atoms with Gasteiger partial charge in [-0.3, -0.25) is 9.63 Å². The van der Waals surface area contributed by atoms with Gasteiger partial charge in [-0.05, 0) is 24.5 Å². The number of rotatable bonds is 2. The summed E-state index contributed by atoms with van der Waals surface area (Å²) in [5.41, 5.74) is 0.154. The van der Waals surface area contributed by atoms with Gasteiger partial charge in [0.1, 0.15) is 5.41 Å². The van der Waals surface area contributed by atoms with E-state index >= 15 is 0 Å². The van der Waals surface area contributed by atoms with E-state index in [0.717, 1.165) is 17.7 Å². The third kappa shape index (κ3) is 1.71. The molecule has 6 rings (SSSR count). The van der Waals surface area contributed by atoms with Crippen molar-refractivity contribution in [2.75, 3.05) is 18.8 Å². The van der Waals surface area contributed by atoms with E-state index in [-0.39, 0.29) is 30.0 Å². The lowest BCUT2D eigenvalue weighted by Gasteiger charge is -2.44. The molecule has 1 aliphatic carbocycles. The van der Waals surface area contributed by atoms with E-state index < -0.39 is 11.0 Å². The van der Waals surface area contributed by atoms with Crippen LogP contribution in [0.15, 0.2) is 24.3 Å². The Bertz CT molecular complexity index is 740. The van der Waals surface area contributed by atoms with Crippen molar-refractivity contribution in [1.29, 1.82) is 0 Å². The monoisotopic (exact) mass is 344 g/mol. The molecular weight excluding hydrogens is 320 g/mol. The van der Waals surface area contributed by atoms with Gasteiger partial charge in [0, 0.05) is 24.4 Å². The minimum absolute atomic E-state index is 0.0321. The number of aliphatic hydroxyl groups is 1. The molecule has 3 saturated heterocycles. The van der Waals surface area contributed by atoms with Gasteiger partial charge in [0.15, 0.2) is 0 Å². The molecule has 6 nitrogen and oxygen atoms in total. The van der Waals surface area contributed by atoms with Crippen LogP contribution in [-0.4, -0.2) is 48.5 Å². The van der Waals surface area contributed by atoms with Crippen LogP contribution in [0.4, 0.5) is 5.69 Å². The molecule has 4 bridgehead atoms. The molecule has 0 unspecified atom stereocenters. The lowest BCUT2D eigenvalue weighted by atomic mass is 9.70. The number of nitrogens with zero attached hydrogens (tertiary/aromatic N) is 1. The largest absolute Gasteiger partial charge is 0.388 e. The number of carbonyl (C=O) groups is 1. The standard InChI is InChI=1S/C19H24N2O4/c1-3-15-19(23)9-16-18(8-13(20-15)12(19)10-25-16)11-6-4-5-7-14(11)21(24-2)17(18)22/h4-7,12-13,15-16,20,23H,3,8-10H2,1-2H3/t12-,13-,15+,16-,18-,19+/m0/s1. The van der Waals surface area contributed by atoms with Gasteiger partial charge in [-0.2, -0.15) is 5.06 Å². The quantitative estimate of drug-likeness (QED) is 0.841. The average molecular weight is 344 g/mol. The van der Waals surface area contributed by atoms with Crippen LogP contribution in [0.25, 0.3) is 0 Å². The average Bonchev–Trinajstić information content (AvgIpc) is 2.91. The fraction of sp³-hybridized carbons (Fsp3) is 0.632. The molecule has 4 aliphatic heterocycles. The second kappa shape index (κ2) is 5.04. The third-order valence-electron chi connectivity index (χ3n) is 6.99. The highest BCUT2D eigenvalue weighted by molar-refractivity contribution is 6.07. The number of hydroxylamine groups is 1. The van der Waals surface area contributed by atoms with Crippen LogP contribution in [0.3, 0.4) is 0 Å². The van der Waals surface area contributed by atoms with Crippen molar-refractivity contribution in [1.82, 2.24) is 5.32 Å². The van der Waals surface area contributed by atoms with Crippen LogP contribution < -0.4 is 10.4 Å². The van der Waals surface area contributed by atoms with Gasteiger partial charge >= 0.3 is 0 Å². The first-order valence-electron chi connectivity index (χ1n) is 9.14. The second-order valence-corrected chi connectivity index (χ2v) is 7.83. The number of nitrogens with one attached hydrogen (secondary N) is 1. The molecule has 0 aromatic heterocycles. The summed E-state index contributed by atoms with van der Waals surface area (Å²) in [6, 6.07) is 7.92. The zero-order chi connectivity index (χ0) is 17.4. The summed E-state index contributed by atoms with van der Waals surface area (Å²) in [6.07, 6.45) is 1.66. The van der Waals surface area contributed by atoms with Crippen LogP contribution in [0.1, 0.15) is 31.7 Å². The molecule has 1 amide bonds. The predicted octanol–water partition coefficient (Wildman–Crippen LogP) is 1.12. The summed E-state index contributed by atoms with van der Waals surface area (Å²) in [5.74, 6) is -0.0440. The minimum atomic E-state index is -0.804. The maximum absolute atomic E-state index is 13.5. The Kier molecular flexibility index (Phi) is 3.18. The lowest BCUT2D eigenvalue weighted by molar-refractivity contribution is -0.157. The van der Waals surface area contributed by atoms with E-state index in [4.69, 9.17) is 9.57 Å². The Morgan fingerprint density at radius 1 is 1.40 bits per heavy atom. The molecule has 1 aromatic carbocycles. The van der Waals surface area contributed by atoms with Crippen molar-refractivity contribution < 1.29 is 19.5 Å². The van der Waals surface area contributed by atoms with E-state index in [1.807, 2.05) is 24.3 Å². The van der Waals surface area contributed by atoms with Crippen molar-refractivity contribution in [3.05, 3.63) is 29.8 Å². The van der Waals surface area contributed by atoms with E-state index in [0.29, 0.717) is 19.4 Å². The number of para-hydroxylation sites is 1. The molecule has 4 fully saturated rings. The molecule has 2 N–H and O–H groups in total. The summed E-state index contributed by atoms with van der Waals surface area (Å²) < 4.78 is 6.20. The zero-order valence-electron chi connectivity index (χ0n) is 14.6. The van der Waals surface area contributed by atoms with Crippen molar-refractivity contribution in [2.45, 2.75) is 55.4 Å². The number of benzene rings is 1. The Balaban J connectivity index is 1.68. The van der Waals surface area contributed by atoms with Gasteiger partial charge < -0.3 is 15.2 Å². The highest BCUT2D eigenvalue weighted by atomic mass is 16.7. The third-order valence-corrected chi connectivity index (χ3v) is 6.99. The molecule has 5 aliphatic rings. The van der Waals surface area contributed by atoms with Gasteiger partial charge in [0.25, 0.3) is 5.91 Å². The summed E-state index contributed by atoms with van der Waals surface area (Å²) >= 11 is 0.